The lowest BCUT2D eigenvalue weighted by Gasteiger charge is -2.10. The van der Waals surface area contributed by atoms with Crippen molar-refractivity contribution >= 4 is 15.9 Å². The van der Waals surface area contributed by atoms with Gasteiger partial charge in [-0.05, 0) is 54.0 Å². The zero-order chi connectivity index (χ0) is 15.2. The van der Waals surface area contributed by atoms with E-state index >= 15 is 0 Å². The first-order valence-corrected chi connectivity index (χ1v) is 8.09. The first kappa shape index (κ1) is 16.0. The molecule has 1 aromatic carbocycles. The molecule has 114 valence electrons. The Hall–Kier alpha value is -1.33. The number of aryl methyl sites for hydroxylation is 2. The lowest BCUT2D eigenvalue weighted by molar-refractivity contribution is 0.291. The van der Waals surface area contributed by atoms with Gasteiger partial charge >= 0.3 is 0 Å². The van der Waals surface area contributed by atoms with Crippen molar-refractivity contribution < 1.29 is 4.74 Å². The second-order valence-corrected chi connectivity index (χ2v) is 5.67. The molecular weight excluding hydrogens is 330 g/mol. The molecule has 0 bridgehead atoms. The molecule has 0 aliphatic rings. The minimum atomic E-state index is 0.514. The maximum absolute atomic E-state index is 5.93. The molecule has 1 heterocycles. The van der Waals surface area contributed by atoms with Crippen LogP contribution >= 0.6 is 15.9 Å². The summed E-state index contributed by atoms with van der Waals surface area (Å²) in [6, 6.07) is 8.20. The number of nitrogens with zero attached hydrogens (tertiary/aromatic N) is 2. The van der Waals surface area contributed by atoms with Crippen molar-refractivity contribution in [2.24, 2.45) is 0 Å². The zero-order valence-corrected chi connectivity index (χ0v) is 14.4. The number of ether oxygens (including phenoxy) is 1. The molecule has 0 spiro atoms. The van der Waals surface area contributed by atoms with Gasteiger partial charge in [0.1, 0.15) is 12.4 Å². The van der Waals surface area contributed by atoms with Crippen molar-refractivity contribution in [3.05, 3.63) is 45.7 Å². The van der Waals surface area contributed by atoms with E-state index in [1.165, 1.54) is 5.56 Å². The van der Waals surface area contributed by atoms with Gasteiger partial charge in [-0.3, -0.25) is 4.68 Å². The van der Waals surface area contributed by atoms with Crippen LogP contribution in [0, 0.1) is 6.92 Å². The van der Waals surface area contributed by atoms with Gasteiger partial charge in [0, 0.05) is 13.1 Å². The molecule has 0 aliphatic carbocycles. The number of rotatable bonds is 7. The van der Waals surface area contributed by atoms with Crippen LogP contribution < -0.4 is 10.1 Å². The summed E-state index contributed by atoms with van der Waals surface area (Å²) in [4.78, 5) is 0. The molecule has 0 aliphatic heterocycles. The van der Waals surface area contributed by atoms with Gasteiger partial charge in [-0.25, -0.2) is 0 Å². The van der Waals surface area contributed by atoms with Gasteiger partial charge in [0.25, 0.3) is 0 Å². The smallest absolute Gasteiger partial charge is 0.131 e. The molecule has 4 nitrogen and oxygen atoms in total. The third-order valence-corrected chi connectivity index (χ3v) is 4.34. The average molecular weight is 352 g/mol. The maximum atomic E-state index is 5.93. The third-order valence-electron chi connectivity index (χ3n) is 3.31. The van der Waals surface area contributed by atoms with Gasteiger partial charge in [-0.2, -0.15) is 5.10 Å². The Balaban J connectivity index is 2.06. The number of aromatic nitrogens is 2. The van der Waals surface area contributed by atoms with Crippen molar-refractivity contribution in [3.8, 4) is 5.75 Å². The van der Waals surface area contributed by atoms with Crippen molar-refractivity contribution in [2.75, 3.05) is 6.54 Å². The van der Waals surface area contributed by atoms with Crippen LogP contribution in [0.15, 0.2) is 28.7 Å². The van der Waals surface area contributed by atoms with Gasteiger partial charge in [0.2, 0.25) is 0 Å². The van der Waals surface area contributed by atoms with Crippen molar-refractivity contribution in [2.45, 2.75) is 40.5 Å². The van der Waals surface area contributed by atoms with Gasteiger partial charge in [0.15, 0.2) is 0 Å². The number of hydrogen-bond donors (Lipinski definition) is 1. The van der Waals surface area contributed by atoms with E-state index in [1.54, 1.807) is 0 Å². The second kappa shape index (κ2) is 7.61. The molecule has 0 saturated carbocycles. The molecule has 2 rings (SSSR count). The highest BCUT2D eigenvalue weighted by Crippen LogP contribution is 2.23. The topological polar surface area (TPSA) is 39.1 Å². The molecule has 1 aromatic heterocycles. The summed E-state index contributed by atoms with van der Waals surface area (Å²) in [5.74, 6) is 0.888. The predicted octanol–water partition coefficient (Wildman–Crippen LogP) is 3.66. The highest BCUT2D eigenvalue weighted by molar-refractivity contribution is 9.10. The summed E-state index contributed by atoms with van der Waals surface area (Å²) >= 11 is 3.59. The largest absolute Gasteiger partial charge is 0.487 e. The van der Waals surface area contributed by atoms with Crippen molar-refractivity contribution in [3.63, 3.8) is 0 Å². The standard InChI is InChI=1S/C16H22BrN3O/c1-4-18-10-13-7-6-8-14(9-13)21-11-15-16(17)12(3)19-20(15)5-2/h6-9,18H,4-5,10-11H2,1-3H3. The van der Waals surface area contributed by atoms with Gasteiger partial charge in [-0.15, -0.1) is 0 Å². The zero-order valence-electron chi connectivity index (χ0n) is 12.8. The second-order valence-electron chi connectivity index (χ2n) is 4.88. The van der Waals surface area contributed by atoms with Gasteiger partial charge in [-0.1, -0.05) is 19.1 Å². The van der Waals surface area contributed by atoms with Crippen LogP contribution in [0.5, 0.6) is 5.75 Å². The Morgan fingerprint density at radius 2 is 2.14 bits per heavy atom. The van der Waals surface area contributed by atoms with E-state index < -0.39 is 0 Å². The first-order valence-electron chi connectivity index (χ1n) is 7.30. The SMILES string of the molecule is CCNCc1cccc(OCc2c(Br)c(C)nn2CC)c1. The highest BCUT2D eigenvalue weighted by Gasteiger charge is 2.12. The molecule has 21 heavy (non-hydrogen) atoms. The molecule has 0 fully saturated rings. The summed E-state index contributed by atoms with van der Waals surface area (Å²) in [5, 5.41) is 7.80. The van der Waals surface area contributed by atoms with E-state index in [0.717, 1.165) is 41.2 Å². The molecule has 5 heteroatoms. The Morgan fingerprint density at radius 1 is 1.33 bits per heavy atom. The maximum Gasteiger partial charge on any atom is 0.131 e. The molecule has 0 unspecified atom stereocenters. The van der Waals surface area contributed by atoms with E-state index in [1.807, 2.05) is 23.7 Å². The number of benzene rings is 1. The quantitative estimate of drug-likeness (QED) is 0.827. The van der Waals surface area contributed by atoms with Crippen molar-refractivity contribution in [1.29, 1.82) is 0 Å². The molecule has 0 radical (unpaired) electrons. The summed E-state index contributed by atoms with van der Waals surface area (Å²) < 4.78 is 8.94. The van der Waals surface area contributed by atoms with Crippen LogP contribution in [0.3, 0.4) is 0 Å². The number of hydrogen-bond acceptors (Lipinski definition) is 3. The molecule has 0 saturated heterocycles. The molecule has 0 amide bonds. The van der Waals surface area contributed by atoms with E-state index in [9.17, 15) is 0 Å². The molecule has 2 aromatic rings. The van der Waals surface area contributed by atoms with E-state index in [2.05, 4.69) is 52.3 Å². The Bertz CT molecular complexity index is 595. The minimum Gasteiger partial charge on any atom is -0.487 e. The van der Waals surface area contributed by atoms with E-state index in [0.29, 0.717) is 6.61 Å². The summed E-state index contributed by atoms with van der Waals surface area (Å²) in [6.45, 7) is 9.37. The Kier molecular flexibility index (Phi) is 5.82. The van der Waals surface area contributed by atoms with Crippen LogP contribution in [0.2, 0.25) is 0 Å². The summed E-state index contributed by atoms with van der Waals surface area (Å²) in [5.41, 5.74) is 3.30. The normalized spacial score (nSPS) is 10.9. The first-order chi connectivity index (χ1) is 10.2. The van der Waals surface area contributed by atoms with Crippen LogP contribution in [0.4, 0.5) is 0 Å². The molecular formula is C16H22BrN3O. The fourth-order valence-electron chi connectivity index (χ4n) is 2.17. The van der Waals surface area contributed by atoms with E-state index in [-0.39, 0.29) is 0 Å². The fraction of sp³-hybridized carbons (Fsp3) is 0.438. The number of nitrogens with one attached hydrogen (secondary N) is 1. The number of halogens is 1. The lowest BCUT2D eigenvalue weighted by atomic mass is 10.2. The average Bonchev–Trinajstić information content (AvgIpc) is 2.78. The third kappa shape index (κ3) is 4.08. The van der Waals surface area contributed by atoms with Gasteiger partial charge < -0.3 is 10.1 Å². The summed E-state index contributed by atoms with van der Waals surface area (Å²) in [7, 11) is 0. The predicted molar refractivity (Wildman–Crippen MR) is 88.5 cm³/mol. The molecule has 1 N–H and O–H groups in total. The monoisotopic (exact) mass is 351 g/mol. The Morgan fingerprint density at radius 3 is 2.86 bits per heavy atom. The fourth-order valence-corrected chi connectivity index (χ4v) is 2.57. The van der Waals surface area contributed by atoms with Crippen LogP contribution in [0.1, 0.15) is 30.8 Å². The van der Waals surface area contributed by atoms with Crippen LogP contribution in [-0.4, -0.2) is 16.3 Å². The molecule has 0 atom stereocenters. The van der Waals surface area contributed by atoms with E-state index in [4.69, 9.17) is 4.74 Å². The lowest BCUT2D eigenvalue weighted by Crippen LogP contribution is -2.11. The summed E-state index contributed by atoms with van der Waals surface area (Å²) in [6.07, 6.45) is 0. The Labute approximate surface area is 134 Å². The van der Waals surface area contributed by atoms with Crippen LogP contribution in [0.25, 0.3) is 0 Å². The van der Waals surface area contributed by atoms with Crippen molar-refractivity contribution in [1.82, 2.24) is 15.1 Å². The van der Waals surface area contributed by atoms with Gasteiger partial charge in [0.05, 0.1) is 15.9 Å². The van der Waals surface area contributed by atoms with Crippen LogP contribution in [-0.2, 0) is 19.7 Å². The highest BCUT2D eigenvalue weighted by atomic mass is 79.9. The minimum absolute atomic E-state index is 0.514.